The Bertz CT molecular complexity index is 1050. The highest BCUT2D eigenvalue weighted by molar-refractivity contribution is 5.59. The molecule has 0 amide bonds. The smallest absolute Gasteiger partial charge is 0.278 e. The van der Waals surface area contributed by atoms with Crippen molar-refractivity contribution >= 4 is 11.4 Å². The molecule has 0 fully saturated rings. The molecule has 0 aliphatic heterocycles. The topological polar surface area (TPSA) is 126 Å². The number of nitrogens with one attached hydrogen (secondary N) is 2. The molecule has 0 bridgehead atoms. The van der Waals surface area contributed by atoms with Crippen LogP contribution in [0.4, 0.5) is 0 Å². The van der Waals surface area contributed by atoms with E-state index < -0.39 is 11.1 Å². The van der Waals surface area contributed by atoms with Gasteiger partial charge in [-0.2, -0.15) is 14.1 Å². The number of hydrogen-bond donors (Lipinski definition) is 2. The van der Waals surface area contributed by atoms with Gasteiger partial charge in [0.2, 0.25) is 0 Å². The number of H-pyrrole nitrogens is 2. The van der Waals surface area contributed by atoms with E-state index in [-0.39, 0.29) is 17.0 Å². The van der Waals surface area contributed by atoms with E-state index in [1.165, 1.54) is 18.7 Å². The molecule has 4 rings (SSSR count). The largest absolute Gasteiger partial charge is 0.283 e. The van der Waals surface area contributed by atoms with Crippen LogP contribution in [-0.4, -0.2) is 39.4 Å². The van der Waals surface area contributed by atoms with E-state index in [1.807, 2.05) is 0 Å². The van der Waals surface area contributed by atoms with E-state index >= 15 is 0 Å². The van der Waals surface area contributed by atoms with Gasteiger partial charge in [0.15, 0.2) is 5.65 Å². The van der Waals surface area contributed by atoms with Gasteiger partial charge in [-0.05, 0) is 0 Å². The summed E-state index contributed by atoms with van der Waals surface area (Å²) in [5.41, 5.74) is -0.318. The summed E-state index contributed by atoms with van der Waals surface area (Å²) in [6.45, 7) is 0. The molecular formula is C10H5N8O2. The average Bonchev–Trinajstić information content (AvgIpc) is 3.06. The molecule has 0 spiro atoms. The van der Waals surface area contributed by atoms with E-state index in [4.69, 9.17) is 0 Å². The summed E-state index contributed by atoms with van der Waals surface area (Å²) in [5.74, 6) is 0.151. The molecule has 0 aromatic carbocycles. The van der Waals surface area contributed by atoms with E-state index in [1.54, 1.807) is 0 Å². The molecule has 10 nitrogen and oxygen atoms in total. The van der Waals surface area contributed by atoms with Crippen LogP contribution >= 0.6 is 0 Å². The van der Waals surface area contributed by atoms with Crippen molar-refractivity contribution < 1.29 is 0 Å². The number of aromatic amines is 2. The number of rotatable bonds is 1. The van der Waals surface area contributed by atoms with Gasteiger partial charge in [0.25, 0.3) is 16.9 Å². The van der Waals surface area contributed by atoms with E-state index in [2.05, 4.69) is 36.4 Å². The molecule has 0 saturated heterocycles. The third-order valence-corrected chi connectivity index (χ3v) is 2.79. The molecular weight excluding hydrogens is 264 g/mol. The minimum absolute atomic E-state index is 0.0867. The highest BCUT2D eigenvalue weighted by Crippen LogP contribution is 2.09. The minimum Gasteiger partial charge on any atom is -0.278 e. The first-order valence-corrected chi connectivity index (χ1v) is 5.51. The second kappa shape index (κ2) is 3.60. The first kappa shape index (κ1) is 10.6. The van der Waals surface area contributed by atoms with Gasteiger partial charge in [-0.15, -0.1) is 0 Å². The lowest BCUT2D eigenvalue weighted by Gasteiger charge is -1.99. The lowest BCUT2D eigenvalue weighted by atomic mass is 10.2. The van der Waals surface area contributed by atoms with Crippen molar-refractivity contribution in [1.82, 2.24) is 39.4 Å². The predicted molar refractivity (Wildman–Crippen MR) is 65.0 cm³/mol. The van der Waals surface area contributed by atoms with Crippen LogP contribution in [0.5, 0.6) is 0 Å². The Morgan fingerprint density at radius 3 is 2.95 bits per heavy atom. The van der Waals surface area contributed by atoms with Gasteiger partial charge >= 0.3 is 0 Å². The van der Waals surface area contributed by atoms with Crippen LogP contribution in [-0.2, 0) is 0 Å². The highest BCUT2D eigenvalue weighted by atomic mass is 16.1. The molecule has 97 valence electrons. The quantitative estimate of drug-likeness (QED) is 0.438. The normalized spacial score (nSPS) is 11.4. The van der Waals surface area contributed by atoms with Crippen LogP contribution in [0, 0.1) is 6.07 Å². The molecule has 0 saturated carbocycles. The Morgan fingerprint density at radius 2 is 2.05 bits per heavy atom. The van der Waals surface area contributed by atoms with E-state index in [0.717, 1.165) is 9.03 Å². The molecule has 0 atom stereocenters. The van der Waals surface area contributed by atoms with E-state index in [0.29, 0.717) is 5.65 Å². The zero-order valence-corrected chi connectivity index (χ0v) is 9.73. The van der Waals surface area contributed by atoms with Gasteiger partial charge in [0.05, 0.1) is 23.5 Å². The number of nitrogens with zero attached hydrogens (tertiary/aromatic N) is 6. The Morgan fingerprint density at radius 1 is 1.15 bits per heavy atom. The molecule has 20 heavy (non-hydrogen) atoms. The molecule has 10 heteroatoms. The van der Waals surface area contributed by atoms with Crippen molar-refractivity contribution in [3.63, 3.8) is 0 Å². The Hall–Kier alpha value is -3.30. The zero-order valence-electron chi connectivity index (χ0n) is 9.73. The first-order chi connectivity index (χ1) is 9.74. The van der Waals surface area contributed by atoms with Crippen LogP contribution in [0.25, 0.3) is 22.7 Å². The van der Waals surface area contributed by atoms with Crippen LogP contribution in [0.15, 0.2) is 28.3 Å². The van der Waals surface area contributed by atoms with Crippen LogP contribution in [0.1, 0.15) is 0 Å². The lowest BCUT2D eigenvalue weighted by molar-refractivity contribution is 0.820. The molecule has 0 aliphatic carbocycles. The predicted octanol–water partition coefficient (Wildman–Crippen LogP) is -1.38. The maximum absolute atomic E-state index is 12.2. The van der Waals surface area contributed by atoms with Crippen LogP contribution < -0.4 is 11.1 Å². The van der Waals surface area contributed by atoms with Gasteiger partial charge < -0.3 is 0 Å². The van der Waals surface area contributed by atoms with E-state index in [9.17, 15) is 9.59 Å². The standard InChI is InChI=1S/C10H5N8O2/c19-8-1-6(15-10-12-4-14-18(8)10)5-2-11-7-3-13-16-17(7)9(5)20/h2-4,16H,(H,12,14,15). The second-order valence-corrected chi connectivity index (χ2v) is 3.94. The minimum atomic E-state index is -0.489. The Kier molecular flexibility index (Phi) is 1.91. The van der Waals surface area contributed by atoms with Gasteiger partial charge in [-0.25, -0.2) is 20.2 Å². The molecule has 2 N–H and O–H groups in total. The van der Waals surface area contributed by atoms with Crippen LogP contribution in [0.2, 0.25) is 0 Å². The van der Waals surface area contributed by atoms with Crippen LogP contribution in [0.3, 0.4) is 0 Å². The zero-order chi connectivity index (χ0) is 13.7. The summed E-state index contributed by atoms with van der Waals surface area (Å²) >= 11 is 0. The fraction of sp³-hybridized carbons (Fsp3) is 0. The molecule has 4 aromatic rings. The molecule has 1 radical (unpaired) electrons. The fourth-order valence-electron chi connectivity index (χ4n) is 1.86. The van der Waals surface area contributed by atoms with Gasteiger partial charge in [-0.1, -0.05) is 0 Å². The van der Waals surface area contributed by atoms with Crippen molar-refractivity contribution in [1.29, 1.82) is 0 Å². The third kappa shape index (κ3) is 1.32. The monoisotopic (exact) mass is 269 g/mol. The van der Waals surface area contributed by atoms with Crippen molar-refractivity contribution in [2.45, 2.75) is 0 Å². The maximum Gasteiger partial charge on any atom is 0.283 e. The summed E-state index contributed by atoms with van der Waals surface area (Å²) < 4.78 is 2.26. The number of hydrogen-bond acceptors (Lipinski definition) is 6. The third-order valence-electron chi connectivity index (χ3n) is 2.79. The second-order valence-electron chi connectivity index (χ2n) is 3.94. The van der Waals surface area contributed by atoms with Crippen molar-refractivity contribution in [2.75, 3.05) is 0 Å². The molecule has 0 aliphatic rings. The van der Waals surface area contributed by atoms with Crippen molar-refractivity contribution in [3.8, 4) is 11.3 Å². The summed E-state index contributed by atoms with van der Waals surface area (Å²) in [6, 6.07) is 2.49. The first-order valence-electron chi connectivity index (χ1n) is 5.51. The van der Waals surface area contributed by atoms with Gasteiger partial charge in [0.1, 0.15) is 6.33 Å². The molecule has 4 aromatic heterocycles. The lowest BCUT2D eigenvalue weighted by Crippen LogP contribution is -2.20. The average molecular weight is 269 g/mol. The number of fused-ring (bicyclic) bond motifs is 2. The fourth-order valence-corrected chi connectivity index (χ4v) is 1.86. The molecule has 0 unspecified atom stereocenters. The van der Waals surface area contributed by atoms with Gasteiger partial charge in [0, 0.05) is 6.20 Å². The van der Waals surface area contributed by atoms with Crippen molar-refractivity contribution in [3.05, 3.63) is 45.5 Å². The highest BCUT2D eigenvalue weighted by Gasteiger charge is 2.13. The number of aromatic nitrogens is 8. The Balaban J connectivity index is 2.07. The molecule has 4 heterocycles. The van der Waals surface area contributed by atoms with Crippen molar-refractivity contribution in [2.24, 2.45) is 0 Å². The van der Waals surface area contributed by atoms with Gasteiger partial charge in [-0.3, -0.25) is 14.7 Å². The Labute approximate surface area is 108 Å². The summed E-state index contributed by atoms with van der Waals surface area (Å²) in [6.07, 6.45) is 4.06. The summed E-state index contributed by atoms with van der Waals surface area (Å²) in [4.78, 5) is 36.1. The maximum atomic E-state index is 12.2. The summed E-state index contributed by atoms with van der Waals surface area (Å²) in [7, 11) is 0. The summed E-state index contributed by atoms with van der Waals surface area (Å²) in [5, 5.41) is 8.80. The SMILES string of the molecule is O=c1c(-c2[c]c(=O)n3[nH]cnc3n2)cnc2cn[nH]n12.